The molecule has 7 nitrogen and oxygen atoms in total. The van der Waals surface area contributed by atoms with Crippen molar-refractivity contribution in [3.63, 3.8) is 0 Å². The highest BCUT2D eigenvalue weighted by molar-refractivity contribution is 5.98. The Labute approximate surface area is 207 Å². The minimum absolute atomic E-state index is 0.0288. The fourth-order valence-corrected chi connectivity index (χ4v) is 9.72. The van der Waals surface area contributed by atoms with Gasteiger partial charge in [-0.1, -0.05) is 20.8 Å². The highest BCUT2D eigenvalue weighted by atomic mass is 16.6. The summed E-state index contributed by atoms with van der Waals surface area (Å²) in [5, 5.41) is 35.1. The maximum atomic E-state index is 13.3. The number of esters is 1. The molecule has 0 bridgehead atoms. The SMILES string of the molecule is C[C@H]1C[C@@H]([C@](C)(O)[C@@]2(O)CC[C@H]3[C@@H]4C[C@H]5O[C@]56[C@@H](O)C=CC(=O)[C@]6(C)[C@H]4CC[C@@]32C)OC(=O)[C@@H]1C. The molecule has 3 saturated carbocycles. The lowest BCUT2D eigenvalue weighted by Crippen LogP contribution is -2.69. The van der Waals surface area contributed by atoms with Crippen LogP contribution in [0.3, 0.4) is 0 Å². The normalized spacial score (nSPS) is 58.4. The summed E-state index contributed by atoms with van der Waals surface area (Å²) in [5.74, 6) is -0.146. The summed E-state index contributed by atoms with van der Waals surface area (Å²) >= 11 is 0. The van der Waals surface area contributed by atoms with Crippen molar-refractivity contribution in [2.45, 2.75) is 108 Å². The van der Waals surface area contributed by atoms with Crippen molar-refractivity contribution in [2.75, 3.05) is 0 Å². The zero-order chi connectivity index (χ0) is 25.3. The third-order valence-corrected chi connectivity index (χ3v) is 12.3. The zero-order valence-electron chi connectivity index (χ0n) is 21.5. The van der Waals surface area contributed by atoms with Gasteiger partial charge in [0.2, 0.25) is 0 Å². The number of carbonyl (C=O) groups is 2. The number of aliphatic hydroxyl groups excluding tert-OH is 1. The highest BCUT2D eigenvalue weighted by Crippen LogP contribution is 2.74. The number of epoxide rings is 1. The van der Waals surface area contributed by atoms with E-state index in [1.165, 1.54) is 6.08 Å². The largest absolute Gasteiger partial charge is 0.459 e. The van der Waals surface area contributed by atoms with Crippen molar-refractivity contribution >= 4 is 11.8 Å². The van der Waals surface area contributed by atoms with E-state index in [0.29, 0.717) is 25.7 Å². The van der Waals surface area contributed by atoms with E-state index in [-0.39, 0.29) is 47.4 Å². The molecule has 4 aliphatic carbocycles. The molecule has 0 radical (unpaired) electrons. The van der Waals surface area contributed by atoms with Crippen LogP contribution in [-0.4, -0.2) is 62.2 Å². The first-order valence-electron chi connectivity index (χ1n) is 13.5. The molecule has 2 aliphatic heterocycles. The van der Waals surface area contributed by atoms with Crippen LogP contribution in [0.5, 0.6) is 0 Å². The smallest absolute Gasteiger partial charge is 0.309 e. The third kappa shape index (κ3) is 2.56. The van der Waals surface area contributed by atoms with Crippen molar-refractivity contribution < 1.29 is 34.4 Å². The molecule has 0 unspecified atom stereocenters. The molecule has 6 aliphatic rings. The van der Waals surface area contributed by atoms with Crippen LogP contribution < -0.4 is 0 Å². The van der Waals surface area contributed by atoms with Crippen LogP contribution in [0.2, 0.25) is 0 Å². The molecule has 0 aromatic heterocycles. The average molecular weight is 489 g/mol. The molecule has 13 atom stereocenters. The van der Waals surface area contributed by atoms with E-state index in [0.717, 1.165) is 12.8 Å². The molecular formula is C28H40O7. The van der Waals surface area contributed by atoms with Gasteiger partial charge in [0.25, 0.3) is 0 Å². The average Bonchev–Trinajstić information content (AvgIpc) is 3.47. The summed E-state index contributed by atoms with van der Waals surface area (Å²) < 4.78 is 11.9. The van der Waals surface area contributed by atoms with Crippen molar-refractivity contribution in [3.05, 3.63) is 12.2 Å². The summed E-state index contributed by atoms with van der Waals surface area (Å²) in [6.45, 7) is 9.56. The third-order valence-electron chi connectivity index (χ3n) is 12.3. The number of carbonyl (C=O) groups excluding carboxylic acids is 2. The van der Waals surface area contributed by atoms with Gasteiger partial charge in [-0.3, -0.25) is 9.59 Å². The van der Waals surface area contributed by atoms with Gasteiger partial charge in [-0.2, -0.15) is 0 Å². The van der Waals surface area contributed by atoms with E-state index in [1.54, 1.807) is 13.0 Å². The van der Waals surface area contributed by atoms with Gasteiger partial charge in [-0.15, -0.1) is 0 Å². The monoisotopic (exact) mass is 488 g/mol. The molecule has 3 N–H and O–H groups in total. The minimum atomic E-state index is -1.59. The molecule has 2 saturated heterocycles. The van der Waals surface area contributed by atoms with Gasteiger partial charge >= 0.3 is 5.97 Å². The standard InChI is InChI=1S/C28H40O7/c1-14-12-21(34-23(31)15(14)2)26(5,32)27(33)11-9-17-16-13-22-28(35-22)20(30)7-6-19(29)25(28,4)18(16)8-10-24(17,27)3/h6-7,14-18,20-22,30,32-33H,8-13H2,1-5H3/t14-,15+,16-,17-,18-,20-,21-,22+,24-,25-,26-,27+,28+/m0/s1. The number of rotatable bonds is 2. The van der Waals surface area contributed by atoms with Crippen LogP contribution in [-0.2, 0) is 19.1 Å². The molecule has 5 fully saturated rings. The van der Waals surface area contributed by atoms with Crippen LogP contribution in [0.15, 0.2) is 12.2 Å². The van der Waals surface area contributed by atoms with E-state index in [2.05, 4.69) is 6.92 Å². The highest BCUT2D eigenvalue weighted by Gasteiger charge is 2.81. The molecule has 6 rings (SSSR count). The van der Waals surface area contributed by atoms with E-state index >= 15 is 0 Å². The molecule has 1 spiro atoms. The lowest BCUT2D eigenvalue weighted by Gasteiger charge is -2.61. The number of hydrogen-bond acceptors (Lipinski definition) is 7. The van der Waals surface area contributed by atoms with E-state index in [4.69, 9.17) is 9.47 Å². The summed E-state index contributed by atoms with van der Waals surface area (Å²) in [5.41, 5.74) is -5.21. The van der Waals surface area contributed by atoms with Crippen molar-refractivity contribution in [3.8, 4) is 0 Å². The van der Waals surface area contributed by atoms with Crippen LogP contribution in [0, 0.1) is 40.4 Å². The molecular weight excluding hydrogens is 448 g/mol. The van der Waals surface area contributed by atoms with Gasteiger partial charge in [0.05, 0.1) is 17.4 Å². The first-order chi connectivity index (χ1) is 16.3. The van der Waals surface area contributed by atoms with Crippen LogP contribution in [0.25, 0.3) is 0 Å². The van der Waals surface area contributed by atoms with E-state index in [9.17, 15) is 24.9 Å². The number of hydrogen-bond donors (Lipinski definition) is 3. The molecule has 0 amide bonds. The Morgan fingerprint density at radius 3 is 2.46 bits per heavy atom. The second-order valence-electron chi connectivity index (χ2n) is 13.3. The first kappa shape index (κ1) is 24.1. The van der Waals surface area contributed by atoms with Crippen LogP contribution >= 0.6 is 0 Å². The second kappa shape index (κ2) is 6.97. The van der Waals surface area contributed by atoms with Gasteiger partial charge in [-0.25, -0.2) is 0 Å². The topological polar surface area (TPSA) is 117 Å². The van der Waals surface area contributed by atoms with Gasteiger partial charge in [0.1, 0.15) is 29.0 Å². The quantitative estimate of drug-likeness (QED) is 0.404. The van der Waals surface area contributed by atoms with Crippen molar-refractivity contribution in [1.82, 2.24) is 0 Å². The maximum absolute atomic E-state index is 13.3. The predicted molar refractivity (Wildman–Crippen MR) is 126 cm³/mol. The Morgan fingerprint density at radius 1 is 1.09 bits per heavy atom. The number of ether oxygens (including phenoxy) is 2. The lowest BCUT2D eigenvalue weighted by atomic mass is 9.43. The number of fused-ring (bicyclic) bond motifs is 4. The number of ketones is 1. The van der Waals surface area contributed by atoms with Gasteiger partial charge in [-0.05, 0) is 88.2 Å². The summed E-state index contributed by atoms with van der Waals surface area (Å²) in [6.07, 6.45) is 5.20. The van der Waals surface area contributed by atoms with Crippen LogP contribution in [0.4, 0.5) is 0 Å². The number of aliphatic hydroxyl groups is 3. The van der Waals surface area contributed by atoms with Gasteiger partial charge in [0.15, 0.2) is 5.78 Å². The maximum Gasteiger partial charge on any atom is 0.309 e. The molecule has 35 heavy (non-hydrogen) atoms. The molecule has 0 aromatic carbocycles. The van der Waals surface area contributed by atoms with Crippen molar-refractivity contribution in [2.24, 2.45) is 40.4 Å². The minimum Gasteiger partial charge on any atom is -0.459 e. The fraction of sp³-hybridized carbons (Fsp3) is 0.857. The Morgan fingerprint density at radius 2 is 1.77 bits per heavy atom. The molecule has 2 heterocycles. The molecule has 0 aromatic rings. The Balaban J connectivity index is 1.34. The number of cyclic esters (lactones) is 1. The summed E-state index contributed by atoms with van der Waals surface area (Å²) in [7, 11) is 0. The fourth-order valence-electron chi connectivity index (χ4n) is 9.72. The predicted octanol–water partition coefficient (Wildman–Crippen LogP) is 2.55. The summed E-state index contributed by atoms with van der Waals surface area (Å²) in [4.78, 5) is 25.8. The second-order valence-corrected chi connectivity index (χ2v) is 13.3. The van der Waals surface area contributed by atoms with E-state index in [1.807, 2.05) is 20.8 Å². The number of allylic oxidation sites excluding steroid dienone is 1. The summed E-state index contributed by atoms with van der Waals surface area (Å²) in [6, 6.07) is 0. The molecule has 194 valence electrons. The van der Waals surface area contributed by atoms with Crippen LogP contribution in [0.1, 0.15) is 73.1 Å². The van der Waals surface area contributed by atoms with Crippen molar-refractivity contribution in [1.29, 1.82) is 0 Å². The van der Waals surface area contributed by atoms with E-state index < -0.39 is 39.8 Å². The Hall–Kier alpha value is -1.28. The Bertz CT molecular complexity index is 1010. The van der Waals surface area contributed by atoms with Gasteiger partial charge in [0, 0.05) is 5.41 Å². The Kier molecular flexibility index (Phi) is 4.80. The lowest BCUT2D eigenvalue weighted by molar-refractivity contribution is -0.261. The first-order valence-corrected chi connectivity index (χ1v) is 13.5. The van der Waals surface area contributed by atoms with Gasteiger partial charge < -0.3 is 24.8 Å². The molecule has 7 heteroatoms. The zero-order valence-corrected chi connectivity index (χ0v) is 21.5.